The first kappa shape index (κ1) is 15.6. The van der Waals surface area contributed by atoms with Crippen LogP contribution in [0.5, 0.6) is 5.75 Å². The molecule has 5 heteroatoms. The van der Waals surface area contributed by atoms with Crippen molar-refractivity contribution >= 4 is 5.91 Å². The molecule has 0 aromatic heterocycles. The molecule has 1 amide bonds. The molecule has 0 aliphatic carbocycles. The molecule has 114 valence electrons. The molecule has 2 rings (SSSR count). The Balaban J connectivity index is 1.86. The van der Waals surface area contributed by atoms with Gasteiger partial charge in [-0.25, -0.2) is 4.39 Å². The number of rotatable bonds is 7. The summed E-state index contributed by atoms with van der Waals surface area (Å²) in [6.07, 6.45) is 0. The van der Waals surface area contributed by atoms with Crippen LogP contribution < -0.4 is 15.8 Å². The van der Waals surface area contributed by atoms with Crippen molar-refractivity contribution in [2.75, 3.05) is 0 Å². The van der Waals surface area contributed by atoms with E-state index < -0.39 is 5.91 Å². The average Bonchev–Trinajstić information content (AvgIpc) is 2.51. The highest BCUT2D eigenvalue weighted by Crippen LogP contribution is 2.15. The van der Waals surface area contributed by atoms with Gasteiger partial charge in [0.15, 0.2) is 0 Å². The number of benzene rings is 2. The quantitative estimate of drug-likeness (QED) is 0.772. The highest BCUT2D eigenvalue weighted by atomic mass is 19.1. The summed E-state index contributed by atoms with van der Waals surface area (Å²) in [7, 11) is 0. The van der Waals surface area contributed by atoms with E-state index in [4.69, 9.17) is 10.5 Å². The van der Waals surface area contributed by atoms with Crippen molar-refractivity contribution < 1.29 is 13.9 Å². The zero-order chi connectivity index (χ0) is 15.9. The molecular formula is C17H17FN2O2. The van der Waals surface area contributed by atoms with E-state index in [9.17, 15) is 9.18 Å². The molecule has 2 aromatic rings. The summed E-state index contributed by atoms with van der Waals surface area (Å²) in [4.78, 5) is 10.8. The fraction of sp³-hybridized carbons (Fsp3) is 0.118. The van der Waals surface area contributed by atoms with Crippen molar-refractivity contribution in [3.05, 3.63) is 77.8 Å². The molecule has 22 heavy (non-hydrogen) atoms. The average molecular weight is 300 g/mol. The van der Waals surface area contributed by atoms with Gasteiger partial charge in [0.2, 0.25) is 0 Å². The van der Waals surface area contributed by atoms with Gasteiger partial charge < -0.3 is 15.8 Å². The van der Waals surface area contributed by atoms with Crippen LogP contribution in [0.1, 0.15) is 11.1 Å². The summed E-state index contributed by atoms with van der Waals surface area (Å²) < 4.78 is 18.6. The highest BCUT2D eigenvalue weighted by molar-refractivity contribution is 5.90. The number of primary amides is 1. The standard InChI is InChI=1S/C17H17FN2O2/c1-12(17(19)21)20-10-13-5-7-16(8-6-13)22-11-14-3-2-4-15(18)9-14/h2-9,20H,1,10-11H2,(H2,19,21). The van der Waals surface area contributed by atoms with Crippen LogP contribution in [-0.4, -0.2) is 5.91 Å². The van der Waals surface area contributed by atoms with Gasteiger partial charge in [-0.05, 0) is 35.4 Å². The third kappa shape index (κ3) is 4.63. The number of nitrogens with two attached hydrogens (primary N) is 1. The lowest BCUT2D eigenvalue weighted by Crippen LogP contribution is -2.24. The normalized spacial score (nSPS) is 10.0. The van der Waals surface area contributed by atoms with Crippen LogP contribution in [0.15, 0.2) is 60.8 Å². The van der Waals surface area contributed by atoms with Crippen molar-refractivity contribution in [2.24, 2.45) is 5.73 Å². The Bertz CT molecular complexity index is 669. The fourth-order valence-electron chi connectivity index (χ4n) is 1.79. The molecule has 0 heterocycles. The second-order valence-electron chi connectivity index (χ2n) is 4.76. The lowest BCUT2D eigenvalue weighted by Gasteiger charge is -2.09. The monoisotopic (exact) mass is 300 g/mol. The van der Waals surface area contributed by atoms with E-state index in [2.05, 4.69) is 11.9 Å². The van der Waals surface area contributed by atoms with Gasteiger partial charge in [0.25, 0.3) is 5.91 Å². The first-order valence-electron chi connectivity index (χ1n) is 6.73. The van der Waals surface area contributed by atoms with Crippen LogP contribution in [0.3, 0.4) is 0 Å². The second-order valence-corrected chi connectivity index (χ2v) is 4.76. The molecule has 2 aromatic carbocycles. The van der Waals surface area contributed by atoms with Gasteiger partial charge in [-0.1, -0.05) is 30.8 Å². The number of halogens is 1. The summed E-state index contributed by atoms with van der Waals surface area (Å²) in [6.45, 7) is 4.27. The van der Waals surface area contributed by atoms with E-state index in [1.165, 1.54) is 12.1 Å². The highest BCUT2D eigenvalue weighted by Gasteiger charge is 2.01. The van der Waals surface area contributed by atoms with Crippen molar-refractivity contribution in [3.63, 3.8) is 0 Å². The minimum absolute atomic E-state index is 0.173. The molecule has 0 spiro atoms. The Kier molecular flexibility index (Phi) is 5.14. The van der Waals surface area contributed by atoms with E-state index >= 15 is 0 Å². The van der Waals surface area contributed by atoms with Gasteiger partial charge in [-0.2, -0.15) is 0 Å². The zero-order valence-corrected chi connectivity index (χ0v) is 12.0. The molecule has 0 saturated heterocycles. The smallest absolute Gasteiger partial charge is 0.264 e. The number of hydrogen-bond acceptors (Lipinski definition) is 3. The van der Waals surface area contributed by atoms with Crippen LogP contribution in [0.2, 0.25) is 0 Å². The van der Waals surface area contributed by atoms with Crippen molar-refractivity contribution in [2.45, 2.75) is 13.2 Å². The maximum atomic E-state index is 13.1. The number of carbonyl (C=O) groups is 1. The number of ether oxygens (including phenoxy) is 1. The summed E-state index contributed by atoms with van der Waals surface area (Å²) in [5.41, 5.74) is 6.98. The van der Waals surface area contributed by atoms with Gasteiger partial charge in [0.1, 0.15) is 18.2 Å². The van der Waals surface area contributed by atoms with Crippen LogP contribution in [-0.2, 0) is 17.9 Å². The molecule has 0 radical (unpaired) electrons. The molecule has 0 aliphatic heterocycles. The molecule has 0 unspecified atom stereocenters. The number of nitrogens with one attached hydrogen (secondary N) is 1. The Labute approximate surface area is 128 Å². The molecular weight excluding hydrogens is 283 g/mol. The van der Waals surface area contributed by atoms with E-state index in [1.54, 1.807) is 12.1 Å². The van der Waals surface area contributed by atoms with Crippen LogP contribution >= 0.6 is 0 Å². The Morgan fingerprint density at radius 1 is 1.18 bits per heavy atom. The molecule has 3 N–H and O–H groups in total. The van der Waals surface area contributed by atoms with E-state index in [-0.39, 0.29) is 11.5 Å². The predicted octanol–water partition coefficient (Wildman–Crippen LogP) is 2.49. The number of hydrogen-bond donors (Lipinski definition) is 2. The predicted molar refractivity (Wildman–Crippen MR) is 82.3 cm³/mol. The zero-order valence-electron chi connectivity index (χ0n) is 12.0. The molecule has 0 saturated carbocycles. The largest absolute Gasteiger partial charge is 0.489 e. The maximum Gasteiger partial charge on any atom is 0.264 e. The summed E-state index contributed by atoms with van der Waals surface area (Å²) in [5, 5.41) is 2.83. The van der Waals surface area contributed by atoms with Crippen LogP contribution in [0.25, 0.3) is 0 Å². The van der Waals surface area contributed by atoms with E-state index in [0.29, 0.717) is 18.9 Å². The second kappa shape index (κ2) is 7.26. The molecule has 0 bridgehead atoms. The summed E-state index contributed by atoms with van der Waals surface area (Å²) in [5.74, 6) is -0.172. The third-order valence-corrected chi connectivity index (χ3v) is 3.02. The van der Waals surface area contributed by atoms with Crippen LogP contribution in [0.4, 0.5) is 4.39 Å². The Hall–Kier alpha value is -2.82. The van der Waals surface area contributed by atoms with Crippen molar-refractivity contribution in [3.8, 4) is 5.75 Å². The van der Waals surface area contributed by atoms with Crippen molar-refractivity contribution in [1.82, 2.24) is 5.32 Å². The Morgan fingerprint density at radius 2 is 1.91 bits per heavy atom. The molecule has 0 atom stereocenters. The molecule has 0 fully saturated rings. The van der Waals surface area contributed by atoms with Crippen molar-refractivity contribution in [1.29, 1.82) is 0 Å². The van der Waals surface area contributed by atoms with Gasteiger partial charge in [0, 0.05) is 6.54 Å². The van der Waals surface area contributed by atoms with Gasteiger partial charge >= 0.3 is 0 Å². The van der Waals surface area contributed by atoms with E-state index in [1.807, 2.05) is 24.3 Å². The number of carbonyl (C=O) groups excluding carboxylic acids is 1. The van der Waals surface area contributed by atoms with Crippen LogP contribution in [0, 0.1) is 5.82 Å². The van der Waals surface area contributed by atoms with Gasteiger partial charge in [-0.3, -0.25) is 4.79 Å². The minimum atomic E-state index is -0.574. The molecule has 0 aliphatic rings. The first-order valence-corrected chi connectivity index (χ1v) is 6.73. The lowest BCUT2D eigenvalue weighted by atomic mass is 10.2. The Morgan fingerprint density at radius 3 is 2.55 bits per heavy atom. The first-order chi connectivity index (χ1) is 10.5. The summed E-state index contributed by atoms with van der Waals surface area (Å²) >= 11 is 0. The molecule has 4 nitrogen and oxygen atoms in total. The summed E-state index contributed by atoms with van der Waals surface area (Å²) in [6, 6.07) is 13.6. The SMILES string of the molecule is C=C(NCc1ccc(OCc2cccc(F)c2)cc1)C(N)=O. The topological polar surface area (TPSA) is 64.3 Å². The fourth-order valence-corrected chi connectivity index (χ4v) is 1.79. The third-order valence-electron chi connectivity index (χ3n) is 3.02. The lowest BCUT2D eigenvalue weighted by molar-refractivity contribution is -0.114. The number of amides is 1. The van der Waals surface area contributed by atoms with Gasteiger partial charge in [0.05, 0.1) is 5.70 Å². The van der Waals surface area contributed by atoms with Gasteiger partial charge in [-0.15, -0.1) is 0 Å². The maximum absolute atomic E-state index is 13.1. The van der Waals surface area contributed by atoms with E-state index in [0.717, 1.165) is 11.1 Å². The minimum Gasteiger partial charge on any atom is -0.489 e.